The Morgan fingerprint density at radius 3 is 2.56 bits per heavy atom. The second-order valence-electron chi connectivity index (χ2n) is 3.34. The first-order valence-electron chi connectivity index (χ1n) is 5.18. The van der Waals surface area contributed by atoms with Crippen molar-refractivity contribution in [2.75, 3.05) is 0 Å². The first-order valence-corrected chi connectivity index (χ1v) is 5.18. The highest BCUT2D eigenvalue weighted by molar-refractivity contribution is 6.39. The fourth-order valence-corrected chi connectivity index (χ4v) is 1.35. The summed E-state index contributed by atoms with van der Waals surface area (Å²) < 4.78 is 0. The third-order valence-electron chi connectivity index (χ3n) is 2.26. The van der Waals surface area contributed by atoms with Gasteiger partial charge in [-0.2, -0.15) is 10.2 Å². The molecule has 0 aliphatic heterocycles. The first-order chi connectivity index (χ1) is 8.72. The molecular formula is C10H15N7O. The average Bonchev–Trinajstić information content (AvgIpc) is 2.44. The number of nitrogens with one attached hydrogen (secondary N) is 1. The van der Waals surface area contributed by atoms with Gasteiger partial charge in [0.15, 0.2) is 0 Å². The van der Waals surface area contributed by atoms with Crippen LogP contribution < -0.4 is 23.0 Å². The Morgan fingerprint density at radius 1 is 1.28 bits per heavy atom. The summed E-state index contributed by atoms with van der Waals surface area (Å²) in [5.74, 6) is 14.9. The molecule has 1 amide bonds. The minimum atomic E-state index is -0.533. The molecule has 0 aromatic carbocycles. The van der Waals surface area contributed by atoms with Crippen LogP contribution in [0.4, 0.5) is 0 Å². The molecule has 1 aromatic heterocycles. The van der Waals surface area contributed by atoms with Gasteiger partial charge in [0, 0.05) is 12.6 Å². The summed E-state index contributed by atoms with van der Waals surface area (Å²) in [5, 5.41) is 7.01. The van der Waals surface area contributed by atoms with E-state index < -0.39 is 5.91 Å². The summed E-state index contributed by atoms with van der Waals surface area (Å²) >= 11 is 0. The number of rotatable bonds is 5. The van der Waals surface area contributed by atoms with E-state index in [0.717, 1.165) is 0 Å². The van der Waals surface area contributed by atoms with Gasteiger partial charge in [0.1, 0.15) is 5.71 Å². The van der Waals surface area contributed by atoms with Crippen LogP contribution in [0.3, 0.4) is 0 Å². The highest BCUT2D eigenvalue weighted by Crippen LogP contribution is 2.04. The topological polar surface area (TPSA) is 145 Å². The number of nitrogens with two attached hydrogens (primary N) is 3. The van der Waals surface area contributed by atoms with Crippen molar-refractivity contribution in [3.05, 3.63) is 30.1 Å². The lowest BCUT2D eigenvalue weighted by Crippen LogP contribution is -2.37. The zero-order valence-corrected chi connectivity index (χ0v) is 9.71. The third-order valence-corrected chi connectivity index (χ3v) is 2.26. The Hall–Kier alpha value is -2.48. The zero-order valence-electron chi connectivity index (χ0n) is 9.71. The molecule has 7 N–H and O–H groups in total. The SMILES string of the molecule is N/N=C(/CC/C(=N/N)c1ccccn1)C(=O)NN. The van der Waals surface area contributed by atoms with E-state index in [1.165, 1.54) is 0 Å². The maximum atomic E-state index is 11.2. The van der Waals surface area contributed by atoms with Gasteiger partial charge in [-0.05, 0) is 18.6 Å². The number of carbonyl (C=O) groups excluding carboxylic acids is 1. The Bertz CT molecular complexity index is 455. The second kappa shape index (κ2) is 6.97. The number of hydrogen-bond acceptors (Lipinski definition) is 7. The molecule has 0 saturated heterocycles. The van der Waals surface area contributed by atoms with Gasteiger partial charge in [-0.1, -0.05) is 6.07 Å². The van der Waals surface area contributed by atoms with Crippen LogP contribution in [0, 0.1) is 0 Å². The van der Waals surface area contributed by atoms with Crippen LogP contribution in [0.15, 0.2) is 34.6 Å². The van der Waals surface area contributed by atoms with E-state index in [1.54, 1.807) is 18.3 Å². The lowest BCUT2D eigenvalue weighted by Gasteiger charge is -2.05. The van der Waals surface area contributed by atoms with Gasteiger partial charge in [-0.25, -0.2) is 5.84 Å². The standard InChI is InChI=1S/C10H15N7O/c11-15-8(7-3-1-2-6-14-7)4-5-9(16-12)10(18)17-13/h1-3,6H,4-5,11-13H2,(H,17,18)/b15-8-,16-9-. The van der Waals surface area contributed by atoms with E-state index in [2.05, 4.69) is 15.2 Å². The number of hydrogen-bond donors (Lipinski definition) is 4. The Morgan fingerprint density at radius 2 is 2.06 bits per heavy atom. The Kier molecular flexibility index (Phi) is 5.26. The fourth-order valence-electron chi connectivity index (χ4n) is 1.35. The van der Waals surface area contributed by atoms with Crippen LogP contribution in [0.25, 0.3) is 0 Å². The number of aromatic nitrogens is 1. The smallest absolute Gasteiger partial charge is 0.281 e. The number of hydrazine groups is 1. The monoisotopic (exact) mass is 249 g/mol. The van der Waals surface area contributed by atoms with E-state index in [9.17, 15) is 4.79 Å². The Balaban J connectivity index is 2.70. The molecule has 0 radical (unpaired) electrons. The molecule has 0 aliphatic rings. The summed E-state index contributed by atoms with van der Waals surface area (Å²) in [5.41, 5.74) is 3.28. The Labute approximate surface area is 104 Å². The minimum absolute atomic E-state index is 0.120. The van der Waals surface area contributed by atoms with Crippen molar-refractivity contribution in [3.8, 4) is 0 Å². The van der Waals surface area contributed by atoms with Gasteiger partial charge < -0.3 is 11.7 Å². The normalized spacial score (nSPS) is 12.3. The van der Waals surface area contributed by atoms with Gasteiger partial charge in [0.2, 0.25) is 0 Å². The number of nitrogens with zero attached hydrogens (tertiary/aromatic N) is 3. The molecular weight excluding hydrogens is 234 g/mol. The quantitative estimate of drug-likeness (QED) is 0.225. The third kappa shape index (κ3) is 3.52. The molecule has 1 aromatic rings. The molecule has 8 nitrogen and oxygen atoms in total. The summed E-state index contributed by atoms with van der Waals surface area (Å²) in [4.78, 5) is 15.4. The zero-order chi connectivity index (χ0) is 13.4. The second-order valence-corrected chi connectivity index (χ2v) is 3.34. The van der Waals surface area contributed by atoms with Crippen molar-refractivity contribution in [1.29, 1.82) is 0 Å². The van der Waals surface area contributed by atoms with Crippen LogP contribution >= 0.6 is 0 Å². The molecule has 0 atom stereocenters. The number of carbonyl (C=O) groups is 1. The van der Waals surface area contributed by atoms with Crippen molar-refractivity contribution in [2.45, 2.75) is 12.8 Å². The van der Waals surface area contributed by atoms with Gasteiger partial charge in [-0.15, -0.1) is 0 Å². The van der Waals surface area contributed by atoms with Crippen LogP contribution in [-0.2, 0) is 4.79 Å². The molecule has 0 saturated carbocycles. The van der Waals surface area contributed by atoms with E-state index in [1.807, 2.05) is 11.5 Å². The van der Waals surface area contributed by atoms with E-state index in [0.29, 0.717) is 17.8 Å². The van der Waals surface area contributed by atoms with Crippen molar-refractivity contribution in [1.82, 2.24) is 10.4 Å². The van der Waals surface area contributed by atoms with Gasteiger partial charge in [0.05, 0.1) is 11.4 Å². The summed E-state index contributed by atoms with van der Waals surface area (Å²) in [6.45, 7) is 0. The molecule has 0 bridgehead atoms. The van der Waals surface area contributed by atoms with Gasteiger partial charge >= 0.3 is 0 Å². The van der Waals surface area contributed by atoms with Crippen molar-refractivity contribution in [3.63, 3.8) is 0 Å². The predicted octanol–water partition coefficient (Wildman–Crippen LogP) is -1.17. The molecule has 0 spiro atoms. The van der Waals surface area contributed by atoms with E-state index in [-0.39, 0.29) is 12.1 Å². The molecule has 8 heteroatoms. The molecule has 0 unspecified atom stereocenters. The van der Waals surface area contributed by atoms with Crippen molar-refractivity contribution in [2.24, 2.45) is 27.7 Å². The van der Waals surface area contributed by atoms with E-state index >= 15 is 0 Å². The summed E-state index contributed by atoms with van der Waals surface area (Å²) in [6, 6.07) is 5.37. The van der Waals surface area contributed by atoms with Crippen LogP contribution in [0.5, 0.6) is 0 Å². The lowest BCUT2D eigenvalue weighted by molar-refractivity contribution is -0.115. The van der Waals surface area contributed by atoms with Crippen LogP contribution in [0.1, 0.15) is 18.5 Å². The number of amides is 1. The van der Waals surface area contributed by atoms with Crippen LogP contribution in [-0.4, -0.2) is 22.3 Å². The molecule has 0 aliphatic carbocycles. The summed E-state index contributed by atoms with van der Waals surface area (Å²) in [7, 11) is 0. The highest BCUT2D eigenvalue weighted by Gasteiger charge is 2.12. The predicted molar refractivity (Wildman–Crippen MR) is 68.1 cm³/mol. The average molecular weight is 249 g/mol. The lowest BCUT2D eigenvalue weighted by atomic mass is 10.1. The molecule has 96 valence electrons. The molecule has 1 rings (SSSR count). The van der Waals surface area contributed by atoms with Crippen molar-refractivity contribution < 1.29 is 4.79 Å². The maximum absolute atomic E-state index is 11.2. The molecule has 0 fully saturated rings. The largest absolute Gasteiger partial charge is 0.323 e. The maximum Gasteiger partial charge on any atom is 0.281 e. The van der Waals surface area contributed by atoms with Crippen molar-refractivity contribution >= 4 is 17.3 Å². The van der Waals surface area contributed by atoms with Gasteiger partial charge in [-0.3, -0.25) is 15.2 Å². The number of pyridine rings is 1. The summed E-state index contributed by atoms with van der Waals surface area (Å²) in [6.07, 6.45) is 2.29. The highest BCUT2D eigenvalue weighted by atomic mass is 16.2. The van der Waals surface area contributed by atoms with Crippen LogP contribution in [0.2, 0.25) is 0 Å². The fraction of sp³-hybridized carbons (Fsp3) is 0.200. The molecule has 18 heavy (non-hydrogen) atoms. The first kappa shape index (κ1) is 13.6. The molecule has 1 heterocycles. The van der Waals surface area contributed by atoms with Gasteiger partial charge in [0.25, 0.3) is 5.91 Å². The number of hydrazone groups is 2. The minimum Gasteiger partial charge on any atom is -0.323 e. The van der Waals surface area contributed by atoms with E-state index in [4.69, 9.17) is 17.5 Å².